The van der Waals surface area contributed by atoms with Crippen LogP contribution in [0.5, 0.6) is 0 Å². The Hall–Kier alpha value is -1.09. The van der Waals surface area contributed by atoms with E-state index in [1.165, 1.54) is 0 Å². The monoisotopic (exact) mass is 138 g/mol. The molecule has 1 N–H and O–H groups in total. The molecule has 0 spiro atoms. The van der Waals surface area contributed by atoms with E-state index in [1.54, 1.807) is 13.3 Å². The Morgan fingerprint density at radius 3 is 3.00 bits per heavy atom. The zero-order chi connectivity index (χ0) is 7.40. The van der Waals surface area contributed by atoms with E-state index in [0.29, 0.717) is 0 Å². The molecule has 0 fully saturated rings. The third-order valence-electron chi connectivity index (χ3n) is 1.22. The summed E-state index contributed by atoms with van der Waals surface area (Å²) in [7, 11) is 1.58. The van der Waals surface area contributed by atoms with Gasteiger partial charge in [0.05, 0.1) is 18.5 Å². The van der Waals surface area contributed by atoms with Gasteiger partial charge in [-0.15, -0.1) is 0 Å². The van der Waals surface area contributed by atoms with E-state index in [-0.39, 0.29) is 0 Å². The van der Waals surface area contributed by atoms with Gasteiger partial charge in [0.1, 0.15) is 0 Å². The number of hydrogen-bond acceptors (Lipinski definition) is 3. The molecular formula is C7H10N2O. The maximum Gasteiger partial charge on any atom is 0.0816 e. The van der Waals surface area contributed by atoms with Gasteiger partial charge in [-0.3, -0.25) is 15.3 Å². The Balaban J connectivity index is 2.81. The van der Waals surface area contributed by atoms with Crippen molar-refractivity contribution in [2.45, 2.75) is 6.92 Å². The first-order valence-corrected chi connectivity index (χ1v) is 3.05. The molecule has 0 aliphatic heterocycles. The quantitative estimate of drug-likeness (QED) is 0.626. The average molecular weight is 138 g/mol. The fourth-order valence-electron chi connectivity index (χ4n) is 0.702. The molecule has 1 heterocycles. The van der Waals surface area contributed by atoms with E-state index in [2.05, 4.69) is 10.5 Å². The zero-order valence-electron chi connectivity index (χ0n) is 6.09. The van der Waals surface area contributed by atoms with Crippen LogP contribution in [-0.2, 0) is 4.84 Å². The normalized spacial score (nSPS) is 9.40. The van der Waals surface area contributed by atoms with Crippen molar-refractivity contribution in [1.82, 2.24) is 4.98 Å². The lowest BCUT2D eigenvalue weighted by Gasteiger charge is -2.03. The third kappa shape index (κ3) is 1.45. The van der Waals surface area contributed by atoms with Gasteiger partial charge in [-0.1, -0.05) is 0 Å². The van der Waals surface area contributed by atoms with Crippen LogP contribution in [0.25, 0.3) is 0 Å². The van der Waals surface area contributed by atoms with Crippen LogP contribution < -0.4 is 5.48 Å². The second-order valence-electron chi connectivity index (χ2n) is 1.94. The van der Waals surface area contributed by atoms with Gasteiger partial charge >= 0.3 is 0 Å². The van der Waals surface area contributed by atoms with Crippen molar-refractivity contribution in [3.05, 3.63) is 24.0 Å². The predicted octanol–water partition coefficient (Wildman–Crippen LogP) is 1.36. The summed E-state index contributed by atoms with van der Waals surface area (Å²) in [6.45, 7) is 1.92. The lowest BCUT2D eigenvalue weighted by atomic mass is 10.3. The number of anilines is 1. The Morgan fingerprint density at radius 1 is 1.60 bits per heavy atom. The Morgan fingerprint density at radius 2 is 2.40 bits per heavy atom. The van der Waals surface area contributed by atoms with Crippen LogP contribution in [0.15, 0.2) is 18.3 Å². The Labute approximate surface area is 60.0 Å². The molecule has 0 saturated heterocycles. The van der Waals surface area contributed by atoms with Crippen LogP contribution in [0.2, 0.25) is 0 Å². The summed E-state index contributed by atoms with van der Waals surface area (Å²) in [4.78, 5) is 8.77. The molecule has 0 atom stereocenters. The van der Waals surface area contributed by atoms with Crippen LogP contribution in [0.3, 0.4) is 0 Å². The number of rotatable bonds is 2. The molecule has 54 valence electrons. The van der Waals surface area contributed by atoms with Gasteiger partial charge in [-0.2, -0.15) is 0 Å². The summed E-state index contributed by atoms with van der Waals surface area (Å²) in [5, 5.41) is 0. The first kappa shape index (κ1) is 7.02. The summed E-state index contributed by atoms with van der Waals surface area (Å²) in [6.07, 6.45) is 1.75. The minimum atomic E-state index is 0.907. The lowest BCUT2D eigenvalue weighted by molar-refractivity contribution is 0.270. The maximum atomic E-state index is 4.72. The second-order valence-corrected chi connectivity index (χ2v) is 1.94. The van der Waals surface area contributed by atoms with Gasteiger partial charge in [0.25, 0.3) is 0 Å². The van der Waals surface area contributed by atoms with Crippen LogP contribution >= 0.6 is 0 Å². The van der Waals surface area contributed by atoms with E-state index >= 15 is 0 Å². The third-order valence-corrected chi connectivity index (χ3v) is 1.22. The molecule has 0 aliphatic rings. The number of hydrogen-bond donors (Lipinski definition) is 1. The number of pyridine rings is 1. The smallest absolute Gasteiger partial charge is 0.0816 e. The minimum absolute atomic E-state index is 0.907. The summed E-state index contributed by atoms with van der Waals surface area (Å²) >= 11 is 0. The molecule has 0 bridgehead atoms. The molecular weight excluding hydrogens is 128 g/mol. The molecule has 0 unspecified atom stereocenters. The van der Waals surface area contributed by atoms with Crippen molar-refractivity contribution in [2.75, 3.05) is 12.6 Å². The van der Waals surface area contributed by atoms with E-state index in [9.17, 15) is 0 Å². The van der Waals surface area contributed by atoms with Gasteiger partial charge in [-0.25, -0.2) is 0 Å². The highest BCUT2D eigenvalue weighted by atomic mass is 16.6. The van der Waals surface area contributed by atoms with Gasteiger partial charge in [0, 0.05) is 6.20 Å². The fourth-order valence-corrected chi connectivity index (χ4v) is 0.702. The van der Waals surface area contributed by atoms with Crippen LogP contribution in [-0.4, -0.2) is 12.1 Å². The van der Waals surface area contributed by atoms with Crippen LogP contribution in [0, 0.1) is 6.92 Å². The molecule has 0 amide bonds. The van der Waals surface area contributed by atoms with E-state index in [0.717, 1.165) is 11.4 Å². The molecule has 0 saturated carbocycles. The summed E-state index contributed by atoms with van der Waals surface area (Å²) < 4.78 is 0. The molecule has 10 heavy (non-hydrogen) atoms. The molecule has 0 aromatic carbocycles. The van der Waals surface area contributed by atoms with Crippen molar-refractivity contribution < 1.29 is 4.84 Å². The number of aromatic nitrogens is 1. The summed E-state index contributed by atoms with van der Waals surface area (Å²) in [6, 6.07) is 3.76. The summed E-state index contributed by atoms with van der Waals surface area (Å²) in [5.41, 5.74) is 4.56. The minimum Gasteiger partial charge on any atom is -0.279 e. The van der Waals surface area contributed by atoms with Crippen molar-refractivity contribution in [1.29, 1.82) is 0 Å². The second kappa shape index (κ2) is 3.17. The highest BCUT2D eigenvalue weighted by Crippen LogP contribution is 2.08. The standard InChI is InChI=1S/C7H10N2O/c1-6-7(9-10-2)4-3-5-8-6/h3-5,9H,1-2H3. The Kier molecular flexibility index (Phi) is 2.23. The molecule has 1 aromatic heterocycles. The van der Waals surface area contributed by atoms with Crippen LogP contribution in [0.1, 0.15) is 5.69 Å². The molecule has 0 aliphatic carbocycles. The van der Waals surface area contributed by atoms with E-state index < -0.39 is 0 Å². The fraction of sp³-hybridized carbons (Fsp3) is 0.286. The topological polar surface area (TPSA) is 34.1 Å². The van der Waals surface area contributed by atoms with E-state index in [4.69, 9.17) is 4.84 Å². The molecule has 1 aromatic rings. The average Bonchev–Trinajstić information content (AvgIpc) is 1.94. The first-order chi connectivity index (χ1) is 4.84. The highest BCUT2D eigenvalue weighted by Gasteiger charge is 1.93. The number of aryl methyl sites for hydroxylation is 1. The van der Waals surface area contributed by atoms with Gasteiger partial charge in [0.2, 0.25) is 0 Å². The molecule has 3 nitrogen and oxygen atoms in total. The number of nitrogens with one attached hydrogen (secondary N) is 1. The summed E-state index contributed by atoms with van der Waals surface area (Å²) in [5.74, 6) is 0. The van der Waals surface area contributed by atoms with Crippen molar-refractivity contribution in [3.63, 3.8) is 0 Å². The largest absolute Gasteiger partial charge is 0.279 e. The SMILES string of the molecule is CONc1cccnc1C. The first-order valence-electron chi connectivity index (χ1n) is 3.05. The Bertz CT molecular complexity index is 213. The molecule has 1 rings (SSSR count). The zero-order valence-corrected chi connectivity index (χ0v) is 6.09. The van der Waals surface area contributed by atoms with Gasteiger partial charge in [0.15, 0.2) is 0 Å². The van der Waals surface area contributed by atoms with Crippen molar-refractivity contribution >= 4 is 5.69 Å². The van der Waals surface area contributed by atoms with Crippen molar-refractivity contribution in [3.8, 4) is 0 Å². The maximum absolute atomic E-state index is 4.72. The van der Waals surface area contributed by atoms with Crippen LogP contribution in [0.4, 0.5) is 5.69 Å². The number of nitrogens with zero attached hydrogens (tertiary/aromatic N) is 1. The molecule has 3 heteroatoms. The van der Waals surface area contributed by atoms with Gasteiger partial charge in [-0.05, 0) is 19.1 Å². The van der Waals surface area contributed by atoms with E-state index in [1.807, 2.05) is 19.1 Å². The predicted molar refractivity (Wildman–Crippen MR) is 39.6 cm³/mol. The van der Waals surface area contributed by atoms with Gasteiger partial charge < -0.3 is 0 Å². The van der Waals surface area contributed by atoms with Crippen molar-refractivity contribution in [2.24, 2.45) is 0 Å². The molecule has 0 radical (unpaired) electrons. The lowest BCUT2D eigenvalue weighted by Crippen LogP contribution is -1.98. The highest BCUT2D eigenvalue weighted by molar-refractivity contribution is 5.44.